The first-order valence-electron chi connectivity index (χ1n) is 8.66. The van der Waals surface area contributed by atoms with Crippen molar-refractivity contribution in [3.05, 3.63) is 89.7 Å². The zero-order chi connectivity index (χ0) is 17.2. The van der Waals surface area contributed by atoms with Crippen LogP contribution >= 0.6 is 0 Å². The average Bonchev–Trinajstić information content (AvgIpc) is 2.65. The summed E-state index contributed by atoms with van der Waals surface area (Å²) in [5.74, 6) is -0.0494. The first-order chi connectivity index (χ1) is 12.2. The summed E-state index contributed by atoms with van der Waals surface area (Å²) in [4.78, 5) is 11.3. The Morgan fingerprint density at radius 3 is 2.60 bits per heavy atom. The molecule has 1 aliphatic rings. The molecule has 0 saturated carbocycles. The second-order valence-corrected chi connectivity index (χ2v) is 6.54. The van der Waals surface area contributed by atoms with E-state index < -0.39 is 0 Å². The van der Waals surface area contributed by atoms with Gasteiger partial charge in [-0.3, -0.25) is 4.79 Å². The maximum Gasteiger partial charge on any atom is 0.307 e. The quantitative estimate of drug-likeness (QED) is 0.460. The molecule has 0 aliphatic heterocycles. The Labute approximate surface area is 147 Å². The number of carbonyl (C=O) groups is 1. The van der Waals surface area contributed by atoms with Crippen molar-refractivity contribution in [1.29, 1.82) is 0 Å². The number of fused-ring (bicyclic) bond motifs is 2. The molecule has 0 amide bonds. The van der Waals surface area contributed by atoms with E-state index in [-0.39, 0.29) is 11.9 Å². The Kier molecular flexibility index (Phi) is 4.10. The number of hydrogen-bond donors (Lipinski definition) is 0. The molecular weight excluding hydrogens is 308 g/mol. The molecule has 0 bridgehead atoms. The van der Waals surface area contributed by atoms with Gasteiger partial charge in [-0.05, 0) is 40.3 Å². The first kappa shape index (κ1) is 15.6. The van der Waals surface area contributed by atoms with Crippen LogP contribution in [0.1, 0.15) is 36.0 Å². The minimum atomic E-state index is -0.284. The fraction of sp³-hybridized carbons (Fsp3) is 0.174. The standard InChI is InChI=1S/C23H20O2/c1-16(24)25-15-23-21-9-5-4-7-18(21)12-13-22(23)20-11-10-17-6-2-3-8-19(17)14-20/h2-11,14-15,22H,12-13H2,1H3/b23-15+/t22-/m0/s1. The number of hydrogen-bond acceptors (Lipinski definition) is 2. The van der Waals surface area contributed by atoms with Crippen LogP contribution in [0.2, 0.25) is 0 Å². The van der Waals surface area contributed by atoms with Crippen LogP contribution in [0.5, 0.6) is 0 Å². The molecule has 1 aliphatic carbocycles. The van der Waals surface area contributed by atoms with Gasteiger partial charge in [0.2, 0.25) is 0 Å². The molecule has 3 aromatic carbocycles. The van der Waals surface area contributed by atoms with Gasteiger partial charge in [-0.15, -0.1) is 0 Å². The van der Waals surface area contributed by atoms with Crippen molar-refractivity contribution < 1.29 is 9.53 Å². The van der Waals surface area contributed by atoms with E-state index in [1.165, 1.54) is 34.4 Å². The summed E-state index contributed by atoms with van der Waals surface area (Å²) in [6, 6.07) is 23.4. The van der Waals surface area contributed by atoms with Crippen molar-refractivity contribution in [3.8, 4) is 0 Å². The van der Waals surface area contributed by atoms with Crippen LogP contribution in [0.3, 0.4) is 0 Å². The van der Waals surface area contributed by atoms with Gasteiger partial charge in [0, 0.05) is 18.4 Å². The summed E-state index contributed by atoms with van der Waals surface area (Å²) in [7, 11) is 0. The van der Waals surface area contributed by atoms with Crippen LogP contribution in [0, 0.1) is 0 Å². The van der Waals surface area contributed by atoms with Crippen LogP contribution in [0.15, 0.2) is 73.0 Å². The molecule has 0 spiro atoms. The van der Waals surface area contributed by atoms with Crippen LogP contribution in [0.25, 0.3) is 16.3 Å². The second-order valence-electron chi connectivity index (χ2n) is 6.54. The molecule has 3 aromatic rings. The highest BCUT2D eigenvalue weighted by molar-refractivity contribution is 5.85. The van der Waals surface area contributed by atoms with Gasteiger partial charge >= 0.3 is 5.97 Å². The largest absolute Gasteiger partial charge is 0.434 e. The van der Waals surface area contributed by atoms with Gasteiger partial charge < -0.3 is 4.74 Å². The minimum Gasteiger partial charge on any atom is -0.434 e. The van der Waals surface area contributed by atoms with Crippen molar-refractivity contribution >= 4 is 22.3 Å². The van der Waals surface area contributed by atoms with Crippen LogP contribution in [0.4, 0.5) is 0 Å². The molecule has 1 atom stereocenters. The van der Waals surface area contributed by atoms with Gasteiger partial charge in [0.05, 0.1) is 6.26 Å². The number of ether oxygens (including phenoxy) is 1. The van der Waals surface area contributed by atoms with E-state index in [0.717, 1.165) is 18.4 Å². The lowest BCUT2D eigenvalue weighted by molar-refractivity contribution is -0.135. The predicted molar refractivity (Wildman–Crippen MR) is 101 cm³/mol. The lowest BCUT2D eigenvalue weighted by atomic mass is 9.76. The van der Waals surface area contributed by atoms with E-state index in [4.69, 9.17) is 4.74 Å². The third-order valence-corrected chi connectivity index (χ3v) is 4.93. The Balaban J connectivity index is 1.81. The topological polar surface area (TPSA) is 26.3 Å². The van der Waals surface area contributed by atoms with Crippen molar-refractivity contribution in [2.24, 2.45) is 0 Å². The predicted octanol–water partition coefficient (Wildman–Crippen LogP) is 5.47. The van der Waals surface area contributed by atoms with E-state index in [2.05, 4.69) is 60.7 Å². The molecular formula is C23H20O2. The number of rotatable bonds is 2. The number of allylic oxidation sites excluding steroid dienone is 1. The lowest BCUT2D eigenvalue weighted by Crippen LogP contribution is -2.12. The Hall–Kier alpha value is -2.87. The fourth-order valence-corrected chi connectivity index (χ4v) is 3.73. The molecule has 2 heteroatoms. The molecule has 0 radical (unpaired) electrons. The average molecular weight is 328 g/mol. The molecule has 0 N–H and O–H groups in total. The summed E-state index contributed by atoms with van der Waals surface area (Å²) in [6.07, 6.45) is 3.70. The van der Waals surface area contributed by atoms with E-state index >= 15 is 0 Å². The van der Waals surface area contributed by atoms with Gasteiger partial charge in [0.15, 0.2) is 0 Å². The van der Waals surface area contributed by atoms with E-state index in [1.54, 1.807) is 6.26 Å². The third-order valence-electron chi connectivity index (χ3n) is 4.93. The summed E-state index contributed by atoms with van der Waals surface area (Å²) in [6.45, 7) is 1.44. The molecule has 25 heavy (non-hydrogen) atoms. The molecule has 4 rings (SSSR count). The SMILES string of the molecule is CC(=O)O/C=C1\c2ccccc2CC[C@H]1c1ccc2ccccc2c1. The normalized spacial score (nSPS) is 18.1. The molecule has 0 unspecified atom stereocenters. The highest BCUT2D eigenvalue weighted by atomic mass is 16.5. The van der Waals surface area contributed by atoms with E-state index in [9.17, 15) is 4.79 Å². The summed E-state index contributed by atoms with van der Waals surface area (Å²) >= 11 is 0. The second kappa shape index (κ2) is 6.56. The maximum atomic E-state index is 11.3. The van der Waals surface area contributed by atoms with E-state index in [0.29, 0.717) is 0 Å². The van der Waals surface area contributed by atoms with Crippen molar-refractivity contribution in [3.63, 3.8) is 0 Å². The molecule has 124 valence electrons. The monoisotopic (exact) mass is 328 g/mol. The highest BCUT2D eigenvalue weighted by Crippen LogP contribution is 2.42. The van der Waals surface area contributed by atoms with Crippen LogP contribution in [-0.2, 0) is 16.0 Å². The highest BCUT2D eigenvalue weighted by Gasteiger charge is 2.26. The number of benzene rings is 3. The van der Waals surface area contributed by atoms with Gasteiger partial charge in [-0.2, -0.15) is 0 Å². The third kappa shape index (κ3) is 3.08. The smallest absolute Gasteiger partial charge is 0.307 e. The van der Waals surface area contributed by atoms with Gasteiger partial charge in [0.1, 0.15) is 0 Å². The number of esters is 1. The molecule has 0 fully saturated rings. The first-order valence-corrected chi connectivity index (χ1v) is 8.66. The van der Waals surface area contributed by atoms with Crippen LogP contribution in [-0.4, -0.2) is 5.97 Å². The summed E-state index contributed by atoms with van der Waals surface area (Å²) < 4.78 is 5.28. The Morgan fingerprint density at radius 1 is 1.00 bits per heavy atom. The van der Waals surface area contributed by atoms with Crippen LogP contribution < -0.4 is 0 Å². The summed E-state index contributed by atoms with van der Waals surface area (Å²) in [5, 5.41) is 2.48. The lowest BCUT2D eigenvalue weighted by Gasteiger charge is -2.28. The van der Waals surface area contributed by atoms with E-state index in [1.807, 2.05) is 6.07 Å². The Morgan fingerprint density at radius 2 is 1.76 bits per heavy atom. The van der Waals surface area contributed by atoms with Gasteiger partial charge in [-0.25, -0.2) is 0 Å². The van der Waals surface area contributed by atoms with Crippen molar-refractivity contribution in [2.45, 2.75) is 25.7 Å². The molecule has 0 saturated heterocycles. The fourth-order valence-electron chi connectivity index (χ4n) is 3.73. The molecule has 0 aromatic heterocycles. The van der Waals surface area contributed by atoms with Gasteiger partial charge in [0.25, 0.3) is 0 Å². The summed E-state index contributed by atoms with van der Waals surface area (Å²) in [5.41, 5.74) is 4.87. The zero-order valence-electron chi connectivity index (χ0n) is 14.2. The zero-order valence-corrected chi connectivity index (χ0v) is 14.2. The number of aryl methyl sites for hydroxylation is 1. The Bertz CT molecular complexity index is 968. The number of carbonyl (C=O) groups excluding carboxylic acids is 1. The van der Waals surface area contributed by atoms with Gasteiger partial charge in [-0.1, -0.05) is 66.7 Å². The maximum absolute atomic E-state index is 11.3. The van der Waals surface area contributed by atoms with Crippen molar-refractivity contribution in [1.82, 2.24) is 0 Å². The molecule has 0 heterocycles. The minimum absolute atomic E-state index is 0.235. The van der Waals surface area contributed by atoms with Crippen molar-refractivity contribution in [2.75, 3.05) is 0 Å². The molecule has 2 nitrogen and oxygen atoms in total.